The molecule has 4 nitrogen and oxygen atoms in total. The van der Waals surface area contributed by atoms with Crippen molar-refractivity contribution in [3.8, 4) is 0 Å². The summed E-state index contributed by atoms with van der Waals surface area (Å²) in [5.41, 5.74) is 1.96. The molecule has 1 saturated carbocycles. The summed E-state index contributed by atoms with van der Waals surface area (Å²) in [6.45, 7) is 2.20. The molecule has 1 aliphatic carbocycles. The summed E-state index contributed by atoms with van der Waals surface area (Å²) in [7, 11) is 1.53. The second-order valence-electron chi connectivity index (χ2n) is 5.91. The maximum absolute atomic E-state index is 12.0. The molecule has 1 atom stereocenters. The third-order valence-corrected chi connectivity index (χ3v) is 4.59. The molecule has 0 spiro atoms. The first-order valence-electron chi connectivity index (χ1n) is 7.31. The fraction of sp³-hybridized carbons (Fsp3) is 0.500. The van der Waals surface area contributed by atoms with Gasteiger partial charge in [-0.2, -0.15) is 0 Å². The maximum Gasteiger partial charge on any atom is 0.261 e. The van der Waals surface area contributed by atoms with Crippen molar-refractivity contribution in [3.05, 3.63) is 29.3 Å². The molecular weight excluding hydrogens is 252 g/mol. The zero-order chi connectivity index (χ0) is 14.3. The quantitative estimate of drug-likeness (QED) is 0.861. The standard InChI is InChI=1S/C16H20N2O2/c1-10(11-5-3-4-6-11)17-12-7-8-13-14(9-12)16(20)18(2)15(13)19/h7-11,17H,3-6H2,1-2H3. The Morgan fingerprint density at radius 3 is 2.50 bits per heavy atom. The van der Waals surface area contributed by atoms with E-state index in [0.717, 1.165) is 5.69 Å². The van der Waals surface area contributed by atoms with Crippen molar-refractivity contribution in [2.45, 2.75) is 38.6 Å². The van der Waals surface area contributed by atoms with Crippen LogP contribution in [0.5, 0.6) is 0 Å². The van der Waals surface area contributed by atoms with E-state index in [4.69, 9.17) is 0 Å². The van der Waals surface area contributed by atoms with Crippen LogP contribution in [0.4, 0.5) is 5.69 Å². The van der Waals surface area contributed by atoms with Crippen LogP contribution in [0.3, 0.4) is 0 Å². The first kappa shape index (κ1) is 13.2. The second kappa shape index (κ2) is 4.93. The number of fused-ring (bicyclic) bond motifs is 1. The molecule has 1 aromatic carbocycles. The van der Waals surface area contributed by atoms with E-state index >= 15 is 0 Å². The van der Waals surface area contributed by atoms with Gasteiger partial charge in [0.15, 0.2) is 0 Å². The van der Waals surface area contributed by atoms with Crippen molar-refractivity contribution in [1.29, 1.82) is 0 Å². The van der Waals surface area contributed by atoms with Crippen LogP contribution in [0, 0.1) is 5.92 Å². The molecule has 1 fully saturated rings. The van der Waals surface area contributed by atoms with Crippen molar-refractivity contribution in [2.75, 3.05) is 12.4 Å². The third-order valence-electron chi connectivity index (χ3n) is 4.59. The zero-order valence-electron chi connectivity index (χ0n) is 12.0. The number of hydrogen-bond acceptors (Lipinski definition) is 3. The lowest BCUT2D eigenvalue weighted by molar-refractivity contribution is 0.0693. The van der Waals surface area contributed by atoms with Crippen LogP contribution < -0.4 is 5.32 Å². The highest BCUT2D eigenvalue weighted by molar-refractivity contribution is 6.21. The summed E-state index contributed by atoms with van der Waals surface area (Å²) in [6.07, 6.45) is 5.19. The van der Waals surface area contributed by atoms with Crippen LogP contribution in [-0.2, 0) is 0 Å². The first-order valence-corrected chi connectivity index (χ1v) is 7.31. The van der Waals surface area contributed by atoms with Gasteiger partial charge < -0.3 is 5.32 Å². The molecule has 1 heterocycles. The van der Waals surface area contributed by atoms with Crippen molar-refractivity contribution < 1.29 is 9.59 Å². The molecule has 1 N–H and O–H groups in total. The van der Waals surface area contributed by atoms with Gasteiger partial charge in [0, 0.05) is 18.8 Å². The number of carbonyl (C=O) groups excluding carboxylic acids is 2. The number of nitrogens with zero attached hydrogens (tertiary/aromatic N) is 1. The number of rotatable bonds is 3. The Balaban J connectivity index is 1.79. The lowest BCUT2D eigenvalue weighted by Gasteiger charge is -2.21. The minimum atomic E-state index is -0.208. The van der Waals surface area contributed by atoms with Crippen molar-refractivity contribution in [2.24, 2.45) is 5.92 Å². The lowest BCUT2D eigenvalue weighted by atomic mass is 9.99. The number of amides is 2. The second-order valence-corrected chi connectivity index (χ2v) is 5.91. The van der Waals surface area contributed by atoms with E-state index in [2.05, 4.69) is 12.2 Å². The fourth-order valence-electron chi connectivity index (χ4n) is 3.29. The number of anilines is 1. The molecule has 4 heteroatoms. The number of nitrogens with one attached hydrogen (secondary N) is 1. The fourth-order valence-corrected chi connectivity index (χ4v) is 3.29. The first-order chi connectivity index (χ1) is 9.58. The molecule has 2 amide bonds. The summed E-state index contributed by atoms with van der Waals surface area (Å²) >= 11 is 0. The van der Waals surface area contributed by atoms with Crippen molar-refractivity contribution in [1.82, 2.24) is 4.90 Å². The normalized spacial score (nSPS) is 20.4. The predicted molar refractivity (Wildman–Crippen MR) is 77.9 cm³/mol. The Kier molecular flexibility index (Phi) is 3.24. The van der Waals surface area contributed by atoms with E-state index in [-0.39, 0.29) is 11.8 Å². The minimum Gasteiger partial charge on any atom is -0.382 e. The molecule has 106 valence electrons. The summed E-state index contributed by atoms with van der Waals surface area (Å²) in [6, 6.07) is 5.86. The molecule has 2 aliphatic rings. The maximum atomic E-state index is 12.0. The van der Waals surface area contributed by atoms with Crippen molar-refractivity contribution >= 4 is 17.5 Å². The van der Waals surface area contributed by atoms with Crippen LogP contribution in [0.15, 0.2) is 18.2 Å². The topological polar surface area (TPSA) is 49.4 Å². The number of carbonyl (C=O) groups is 2. The summed E-state index contributed by atoms with van der Waals surface area (Å²) < 4.78 is 0. The third kappa shape index (κ3) is 2.09. The molecule has 0 radical (unpaired) electrons. The van der Waals surface area contributed by atoms with Crippen molar-refractivity contribution in [3.63, 3.8) is 0 Å². The van der Waals surface area contributed by atoms with Crippen LogP contribution in [-0.4, -0.2) is 29.8 Å². The molecule has 1 unspecified atom stereocenters. The van der Waals surface area contributed by atoms with Gasteiger partial charge in [-0.25, -0.2) is 0 Å². The van der Waals surface area contributed by atoms with Gasteiger partial charge in [0.25, 0.3) is 11.8 Å². The zero-order valence-corrected chi connectivity index (χ0v) is 12.0. The predicted octanol–water partition coefficient (Wildman–Crippen LogP) is 2.90. The van der Waals surface area contributed by atoms with Gasteiger partial charge in [0.2, 0.25) is 0 Å². The average molecular weight is 272 g/mol. The van der Waals surface area contributed by atoms with Gasteiger partial charge in [0.1, 0.15) is 0 Å². The summed E-state index contributed by atoms with van der Waals surface area (Å²) in [5.74, 6) is 0.297. The van der Waals surface area contributed by atoms with E-state index in [1.807, 2.05) is 12.1 Å². The lowest BCUT2D eigenvalue weighted by Crippen LogP contribution is -2.24. The summed E-state index contributed by atoms with van der Waals surface area (Å²) in [5, 5.41) is 3.48. The van der Waals surface area contributed by atoms with Crippen LogP contribution in [0.25, 0.3) is 0 Å². The van der Waals surface area contributed by atoms with Gasteiger partial charge in [-0.15, -0.1) is 0 Å². The monoisotopic (exact) mass is 272 g/mol. The average Bonchev–Trinajstić information content (AvgIpc) is 3.04. The van der Waals surface area contributed by atoms with Crippen LogP contribution >= 0.6 is 0 Å². The highest BCUT2D eigenvalue weighted by Gasteiger charge is 2.33. The minimum absolute atomic E-state index is 0.206. The van der Waals surface area contributed by atoms with Gasteiger partial charge in [-0.3, -0.25) is 14.5 Å². The Morgan fingerprint density at radius 1 is 1.15 bits per heavy atom. The van der Waals surface area contributed by atoms with Gasteiger partial charge in [-0.1, -0.05) is 12.8 Å². The van der Waals surface area contributed by atoms with Crippen LogP contribution in [0.2, 0.25) is 0 Å². The van der Waals surface area contributed by atoms with E-state index < -0.39 is 0 Å². The molecule has 1 aromatic rings. The summed E-state index contributed by atoms with van der Waals surface area (Å²) in [4.78, 5) is 25.0. The highest BCUT2D eigenvalue weighted by atomic mass is 16.2. The molecular formula is C16H20N2O2. The Hall–Kier alpha value is -1.84. The number of benzene rings is 1. The molecule has 0 saturated heterocycles. The van der Waals surface area contributed by atoms with E-state index in [1.54, 1.807) is 6.07 Å². The molecule has 20 heavy (non-hydrogen) atoms. The van der Waals surface area contributed by atoms with E-state index in [1.165, 1.54) is 37.6 Å². The SMILES string of the molecule is CC(Nc1ccc2c(c1)C(=O)N(C)C2=O)C1CCCC1. The Labute approximate surface area is 119 Å². The largest absolute Gasteiger partial charge is 0.382 e. The van der Waals surface area contributed by atoms with Crippen LogP contribution in [0.1, 0.15) is 53.3 Å². The van der Waals surface area contributed by atoms with Gasteiger partial charge >= 0.3 is 0 Å². The highest BCUT2D eigenvalue weighted by Crippen LogP contribution is 2.30. The number of imide groups is 1. The Morgan fingerprint density at radius 2 is 1.80 bits per heavy atom. The molecule has 0 bridgehead atoms. The van der Waals surface area contributed by atoms with E-state index in [9.17, 15) is 9.59 Å². The molecule has 3 rings (SSSR count). The van der Waals surface area contributed by atoms with E-state index in [0.29, 0.717) is 23.1 Å². The molecule has 0 aromatic heterocycles. The molecule has 1 aliphatic heterocycles. The van der Waals surface area contributed by atoms with Gasteiger partial charge in [-0.05, 0) is 43.9 Å². The number of hydrogen-bond donors (Lipinski definition) is 1. The Bertz CT molecular complexity index is 562. The van der Waals surface area contributed by atoms with Gasteiger partial charge in [0.05, 0.1) is 11.1 Å². The smallest absolute Gasteiger partial charge is 0.261 e.